The Kier molecular flexibility index (Phi) is 5.42. The van der Waals surface area contributed by atoms with Crippen molar-refractivity contribution in [3.63, 3.8) is 0 Å². The van der Waals surface area contributed by atoms with Crippen molar-refractivity contribution in [2.75, 3.05) is 13.4 Å². The van der Waals surface area contributed by atoms with Crippen molar-refractivity contribution in [1.82, 2.24) is 0 Å². The molecule has 0 atom stereocenters. The second kappa shape index (κ2) is 6.60. The Morgan fingerprint density at radius 1 is 1.38 bits per heavy atom. The van der Waals surface area contributed by atoms with Gasteiger partial charge in [0.25, 0.3) is 0 Å². The fraction of sp³-hybridized carbons (Fsp3) is 0.182. The van der Waals surface area contributed by atoms with Gasteiger partial charge in [-0.2, -0.15) is 0 Å². The second-order valence-electron chi connectivity index (χ2n) is 2.75. The highest BCUT2D eigenvalue weighted by Crippen LogP contribution is 2.24. The van der Waals surface area contributed by atoms with Crippen LogP contribution >= 0.6 is 23.5 Å². The van der Waals surface area contributed by atoms with E-state index in [2.05, 4.69) is 4.74 Å². The second-order valence-corrected chi connectivity index (χ2v) is 4.54. The third-order valence-electron chi connectivity index (χ3n) is 1.72. The Balaban J connectivity index is 2.70. The molecular weight excluding hydrogens is 247 g/mol. The zero-order valence-corrected chi connectivity index (χ0v) is 10.5. The molecule has 16 heavy (non-hydrogen) atoms. The van der Waals surface area contributed by atoms with Crippen molar-refractivity contribution in [3.05, 3.63) is 40.4 Å². The zero-order valence-electron chi connectivity index (χ0n) is 8.90. The van der Waals surface area contributed by atoms with Gasteiger partial charge >= 0.3 is 5.97 Å². The highest BCUT2D eigenvalue weighted by atomic mass is 32.2. The molecule has 0 amide bonds. The molecule has 1 rings (SSSR count). The molecular formula is C11H11FO2S2. The summed E-state index contributed by atoms with van der Waals surface area (Å²) >= 11 is 2.67. The third kappa shape index (κ3) is 3.90. The van der Waals surface area contributed by atoms with Gasteiger partial charge in [-0.3, -0.25) is 0 Å². The monoisotopic (exact) mass is 258 g/mol. The number of benzene rings is 1. The minimum atomic E-state index is -0.359. The molecule has 0 fully saturated rings. The number of thioether (sulfide) groups is 2. The molecule has 1 aromatic carbocycles. The Bertz CT molecular complexity index is 387. The van der Waals surface area contributed by atoms with Crippen molar-refractivity contribution in [2.45, 2.75) is 4.90 Å². The van der Waals surface area contributed by atoms with Gasteiger partial charge in [0.2, 0.25) is 0 Å². The maximum absolute atomic E-state index is 12.6. The maximum atomic E-state index is 12.6. The van der Waals surface area contributed by atoms with Gasteiger partial charge in [0.15, 0.2) is 0 Å². The van der Waals surface area contributed by atoms with Crippen LogP contribution in [0.25, 0.3) is 0 Å². The van der Waals surface area contributed by atoms with Crippen molar-refractivity contribution in [3.8, 4) is 0 Å². The topological polar surface area (TPSA) is 26.3 Å². The zero-order chi connectivity index (χ0) is 12.0. The van der Waals surface area contributed by atoms with Gasteiger partial charge in [0.1, 0.15) is 5.82 Å². The Hall–Kier alpha value is -0.940. The molecule has 0 unspecified atom stereocenters. The first-order valence-corrected chi connectivity index (χ1v) is 6.52. The summed E-state index contributed by atoms with van der Waals surface area (Å²) in [6.45, 7) is 0. The average molecular weight is 258 g/mol. The van der Waals surface area contributed by atoms with Gasteiger partial charge < -0.3 is 4.74 Å². The van der Waals surface area contributed by atoms with Crippen LogP contribution in [0.15, 0.2) is 39.5 Å². The van der Waals surface area contributed by atoms with Gasteiger partial charge in [-0.15, -0.1) is 11.8 Å². The SMILES string of the molecule is COC(=O)C(=CSc1ccc(F)cc1)SC. The smallest absolute Gasteiger partial charge is 0.344 e. The first-order chi connectivity index (χ1) is 7.67. The number of hydrogen-bond donors (Lipinski definition) is 0. The lowest BCUT2D eigenvalue weighted by atomic mass is 10.4. The van der Waals surface area contributed by atoms with Crippen LogP contribution in [0.3, 0.4) is 0 Å². The van der Waals surface area contributed by atoms with Crippen LogP contribution in [0, 0.1) is 5.82 Å². The van der Waals surface area contributed by atoms with Crippen LogP contribution in [0.1, 0.15) is 0 Å². The van der Waals surface area contributed by atoms with Crippen LogP contribution in [0.4, 0.5) is 4.39 Å². The molecule has 2 nitrogen and oxygen atoms in total. The molecule has 5 heteroatoms. The largest absolute Gasteiger partial charge is 0.465 e. The van der Waals surface area contributed by atoms with Gasteiger partial charge in [0, 0.05) is 4.90 Å². The van der Waals surface area contributed by atoms with Gasteiger partial charge in [-0.05, 0) is 35.9 Å². The molecule has 0 aliphatic carbocycles. The predicted octanol–water partition coefficient (Wildman–Crippen LogP) is 3.30. The minimum absolute atomic E-state index is 0.272. The first-order valence-electron chi connectivity index (χ1n) is 4.42. The van der Waals surface area contributed by atoms with E-state index in [1.807, 2.05) is 0 Å². The number of carbonyl (C=O) groups is 1. The fourth-order valence-electron chi connectivity index (χ4n) is 0.915. The van der Waals surface area contributed by atoms with Crippen LogP contribution in [-0.4, -0.2) is 19.3 Å². The highest BCUT2D eigenvalue weighted by molar-refractivity contribution is 8.06. The normalized spacial score (nSPS) is 11.3. The molecule has 0 aliphatic rings. The Morgan fingerprint density at radius 2 is 2.00 bits per heavy atom. The molecule has 0 heterocycles. The summed E-state index contributed by atoms with van der Waals surface area (Å²) in [5, 5.41) is 1.70. The molecule has 0 aromatic heterocycles. The van der Waals surface area contributed by atoms with Crippen LogP contribution in [0.5, 0.6) is 0 Å². The lowest BCUT2D eigenvalue weighted by molar-refractivity contribution is -0.135. The number of carbonyl (C=O) groups excluding carboxylic acids is 1. The molecule has 0 aliphatic heterocycles. The van der Waals surface area contributed by atoms with E-state index in [4.69, 9.17) is 0 Å². The van der Waals surface area contributed by atoms with Gasteiger partial charge in [-0.25, -0.2) is 9.18 Å². The lowest BCUT2D eigenvalue weighted by Gasteiger charge is -2.01. The summed E-state index contributed by atoms with van der Waals surface area (Å²) in [4.78, 5) is 12.6. The molecule has 0 N–H and O–H groups in total. The molecule has 0 spiro atoms. The van der Waals surface area contributed by atoms with Crippen molar-refractivity contribution < 1.29 is 13.9 Å². The number of rotatable bonds is 4. The molecule has 86 valence electrons. The van der Waals surface area contributed by atoms with E-state index in [1.165, 1.54) is 42.8 Å². The number of hydrogen-bond acceptors (Lipinski definition) is 4. The number of ether oxygens (including phenoxy) is 1. The van der Waals surface area contributed by atoms with E-state index < -0.39 is 0 Å². The summed E-state index contributed by atoms with van der Waals surface area (Å²) in [6, 6.07) is 6.08. The standard InChI is InChI=1S/C11H11FO2S2/c1-14-11(13)10(15-2)7-16-9-5-3-8(12)4-6-9/h3-7H,1-2H3. The molecule has 1 aromatic rings. The van der Waals surface area contributed by atoms with E-state index in [0.717, 1.165) is 4.90 Å². The number of methoxy groups -OCH3 is 1. The third-order valence-corrected chi connectivity index (χ3v) is 3.49. The van der Waals surface area contributed by atoms with Crippen LogP contribution in [-0.2, 0) is 9.53 Å². The van der Waals surface area contributed by atoms with Crippen molar-refractivity contribution in [1.29, 1.82) is 0 Å². The van der Waals surface area contributed by atoms with Gasteiger partial charge in [0.05, 0.1) is 12.0 Å². The van der Waals surface area contributed by atoms with E-state index in [9.17, 15) is 9.18 Å². The van der Waals surface area contributed by atoms with Crippen molar-refractivity contribution in [2.24, 2.45) is 0 Å². The number of esters is 1. The van der Waals surface area contributed by atoms with E-state index in [0.29, 0.717) is 4.91 Å². The molecule has 0 bridgehead atoms. The molecule has 0 saturated heterocycles. The molecule has 0 saturated carbocycles. The Labute approximate surface area is 102 Å². The van der Waals surface area contributed by atoms with Crippen LogP contribution in [0.2, 0.25) is 0 Å². The van der Waals surface area contributed by atoms with Gasteiger partial charge in [-0.1, -0.05) is 11.8 Å². The average Bonchev–Trinajstić information content (AvgIpc) is 2.31. The lowest BCUT2D eigenvalue weighted by Crippen LogP contribution is -2.00. The highest BCUT2D eigenvalue weighted by Gasteiger charge is 2.07. The minimum Gasteiger partial charge on any atom is -0.465 e. The first kappa shape index (κ1) is 13.1. The summed E-state index contributed by atoms with van der Waals surface area (Å²) in [5.74, 6) is -0.631. The predicted molar refractivity (Wildman–Crippen MR) is 65.9 cm³/mol. The summed E-state index contributed by atoms with van der Waals surface area (Å²) in [5.41, 5.74) is 0. The quantitative estimate of drug-likeness (QED) is 0.470. The fourth-order valence-corrected chi connectivity index (χ4v) is 2.33. The summed E-state index contributed by atoms with van der Waals surface area (Å²) in [7, 11) is 1.34. The Morgan fingerprint density at radius 3 is 2.50 bits per heavy atom. The van der Waals surface area contributed by atoms with E-state index in [-0.39, 0.29) is 11.8 Å². The van der Waals surface area contributed by atoms with E-state index in [1.54, 1.807) is 23.8 Å². The summed E-state index contributed by atoms with van der Waals surface area (Å²) in [6.07, 6.45) is 1.80. The summed E-state index contributed by atoms with van der Waals surface area (Å²) < 4.78 is 17.2. The van der Waals surface area contributed by atoms with E-state index >= 15 is 0 Å². The maximum Gasteiger partial charge on any atom is 0.344 e. The van der Waals surface area contributed by atoms with Crippen molar-refractivity contribution >= 4 is 29.5 Å². The van der Waals surface area contributed by atoms with Crippen LogP contribution < -0.4 is 0 Å². The number of halogens is 1. The molecule has 0 radical (unpaired) electrons.